The fourth-order valence-corrected chi connectivity index (χ4v) is 4.53. The standard InChI is InChI=1S/C29H59NO3/c1-3-5-7-9-11-13-14-15-17-18-20-22-24-28(32)27(26-31)30-29(33)25-23-21-19-16-12-10-8-6-4-2/h27-28,31-32H,3-26H2,1-2H3,(H,30,33). The van der Waals surface area contributed by atoms with E-state index in [1.54, 1.807) is 0 Å². The third-order valence-electron chi connectivity index (χ3n) is 6.87. The van der Waals surface area contributed by atoms with Gasteiger partial charge in [0.1, 0.15) is 0 Å². The molecule has 0 spiro atoms. The predicted octanol–water partition coefficient (Wildman–Crippen LogP) is 7.84. The van der Waals surface area contributed by atoms with Gasteiger partial charge in [-0.3, -0.25) is 4.79 Å². The lowest BCUT2D eigenvalue weighted by Gasteiger charge is -2.22. The van der Waals surface area contributed by atoms with Gasteiger partial charge in [0.2, 0.25) is 5.91 Å². The van der Waals surface area contributed by atoms with Crippen LogP contribution in [0.15, 0.2) is 0 Å². The summed E-state index contributed by atoms with van der Waals surface area (Å²) in [5, 5.41) is 22.8. The van der Waals surface area contributed by atoms with E-state index in [0.717, 1.165) is 25.7 Å². The first-order valence-corrected chi connectivity index (χ1v) is 14.7. The van der Waals surface area contributed by atoms with Crippen LogP contribution in [-0.2, 0) is 4.79 Å². The minimum absolute atomic E-state index is 0.0364. The average Bonchev–Trinajstić information content (AvgIpc) is 2.82. The van der Waals surface area contributed by atoms with Crippen molar-refractivity contribution in [2.75, 3.05) is 6.61 Å². The number of carbonyl (C=O) groups excluding carboxylic acids is 1. The summed E-state index contributed by atoms with van der Waals surface area (Å²) in [5.41, 5.74) is 0. The van der Waals surface area contributed by atoms with Gasteiger partial charge < -0.3 is 15.5 Å². The number of carbonyl (C=O) groups is 1. The third kappa shape index (κ3) is 22.9. The van der Waals surface area contributed by atoms with Gasteiger partial charge in [0.15, 0.2) is 0 Å². The summed E-state index contributed by atoms with van der Waals surface area (Å²) in [6.45, 7) is 4.31. The Balaban J connectivity index is 3.60. The van der Waals surface area contributed by atoms with Crippen molar-refractivity contribution in [1.82, 2.24) is 5.32 Å². The van der Waals surface area contributed by atoms with Crippen LogP contribution in [0.25, 0.3) is 0 Å². The predicted molar refractivity (Wildman–Crippen MR) is 143 cm³/mol. The highest BCUT2D eigenvalue weighted by Crippen LogP contribution is 2.14. The van der Waals surface area contributed by atoms with Gasteiger partial charge in [-0.1, -0.05) is 142 Å². The maximum absolute atomic E-state index is 12.2. The topological polar surface area (TPSA) is 69.6 Å². The number of unbranched alkanes of at least 4 members (excludes halogenated alkanes) is 19. The second-order valence-electron chi connectivity index (χ2n) is 10.2. The summed E-state index contributed by atoms with van der Waals surface area (Å²) in [7, 11) is 0. The van der Waals surface area contributed by atoms with E-state index in [-0.39, 0.29) is 12.5 Å². The third-order valence-corrected chi connectivity index (χ3v) is 6.87. The van der Waals surface area contributed by atoms with Gasteiger partial charge in [-0.25, -0.2) is 0 Å². The van der Waals surface area contributed by atoms with E-state index >= 15 is 0 Å². The molecule has 0 aliphatic heterocycles. The molecule has 2 unspecified atom stereocenters. The zero-order valence-electron chi connectivity index (χ0n) is 22.4. The molecular formula is C29H59NO3. The van der Waals surface area contributed by atoms with Crippen molar-refractivity contribution in [3.05, 3.63) is 0 Å². The highest BCUT2D eigenvalue weighted by atomic mass is 16.3. The van der Waals surface area contributed by atoms with E-state index < -0.39 is 12.1 Å². The molecule has 1 amide bonds. The van der Waals surface area contributed by atoms with Gasteiger partial charge in [-0.15, -0.1) is 0 Å². The van der Waals surface area contributed by atoms with Crippen molar-refractivity contribution in [1.29, 1.82) is 0 Å². The number of hydrogen-bond acceptors (Lipinski definition) is 3. The minimum Gasteiger partial charge on any atom is -0.394 e. The van der Waals surface area contributed by atoms with Gasteiger partial charge in [-0.05, 0) is 12.8 Å². The zero-order valence-corrected chi connectivity index (χ0v) is 22.4. The lowest BCUT2D eigenvalue weighted by atomic mass is 10.0. The molecule has 0 bridgehead atoms. The molecule has 0 rings (SSSR count). The fraction of sp³-hybridized carbons (Fsp3) is 0.966. The van der Waals surface area contributed by atoms with Gasteiger partial charge in [0.25, 0.3) is 0 Å². The first-order chi connectivity index (χ1) is 16.2. The van der Waals surface area contributed by atoms with Crippen LogP contribution in [0.1, 0.15) is 162 Å². The molecule has 0 radical (unpaired) electrons. The molecule has 0 saturated carbocycles. The molecule has 4 nitrogen and oxygen atoms in total. The first-order valence-electron chi connectivity index (χ1n) is 14.7. The van der Waals surface area contributed by atoms with Gasteiger partial charge in [-0.2, -0.15) is 0 Å². The Kier molecular flexibility index (Phi) is 25.5. The van der Waals surface area contributed by atoms with Crippen LogP contribution in [0, 0.1) is 0 Å². The number of amides is 1. The summed E-state index contributed by atoms with van der Waals surface area (Å²) in [4.78, 5) is 12.2. The van der Waals surface area contributed by atoms with Crippen molar-refractivity contribution in [3.63, 3.8) is 0 Å². The second kappa shape index (κ2) is 26.0. The highest BCUT2D eigenvalue weighted by molar-refractivity contribution is 5.76. The quantitative estimate of drug-likeness (QED) is 0.113. The molecule has 2 atom stereocenters. The summed E-state index contributed by atoms with van der Waals surface area (Å²) in [6, 6.07) is -0.524. The molecule has 4 heteroatoms. The smallest absolute Gasteiger partial charge is 0.220 e. The van der Waals surface area contributed by atoms with Crippen LogP contribution in [0.3, 0.4) is 0 Å². The van der Waals surface area contributed by atoms with Crippen molar-refractivity contribution >= 4 is 5.91 Å². The summed E-state index contributed by atoms with van der Waals surface area (Å²) in [6.07, 6.45) is 27.1. The summed E-state index contributed by atoms with van der Waals surface area (Å²) in [5.74, 6) is -0.0364. The zero-order chi connectivity index (χ0) is 24.4. The Hall–Kier alpha value is -0.610. The highest BCUT2D eigenvalue weighted by Gasteiger charge is 2.19. The van der Waals surface area contributed by atoms with E-state index in [0.29, 0.717) is 12.8 Å². The molecule has 3 N–H and O–H groups in total. The van der Waals surface area contributed by atoms with Crippen molar-refractivity contribution in [2.24, 2.45) is 0 Å². The fourth-order valence-electron chi connectivity index (χ4n) is 4.53. The maximum atomic E-state index is 12.2. The Bertz CT molecular complexity index is 402. The van der Waals surface area contributed by atoms with Crippen LogP contribution in [0.2, 0.25) is 0 Å². The number of hydrogen-bond donors (Lipinski definition) is 3. The van der Waals surface area contributed by atoms with Crippen LogP contribution in [-0.4, -0.2) is 34.9 Å². The maximum Gasteiger partial charge on any atom is 0.220 e. The number of aliphatic hydroxyl groups excluding tert-OH is 2. The van der Waals surface area contributed by atoms with Gasteiger partial charge in [0.05, 0.1) is 18.8 Å². The van der Waals surface area contributed by atoms with E-state index in [2.05, 4.69) is 19.2 Å². The largest absolute Gasteiger partial charge is 0.394 e. The molecule has 0 aliphatic rings. The van der Waals surface area contributed by atoms with Crippen LogP contribution >= 0.6 is 0 Å². The van der Waals surface area contributed by atoms with E-state index in [4.69, 9.17) is 0 Å². The van der Waals surface area contributed by atoms with Crippen LogP contribution in [0.4, 0.5) is 0 Å². The molecule has 0 aromatic heterocycles. The van der Waals surface area contributed by atoms with Crippen LogP contribution in [0.5, 0.6) is 0 Å². The van der Waals surface area contributed by atoms with E-state index in [1.807, 2.05) is 0 Å². The van der Waals surface area contributed by atoms with Gasteiger partial charge in [0, 0.05) is 6.42 Å². The van der Waals surface area contributed by atoms with E-state index in [1.165, 1.54) is 109 Å². The Morgan fingerprint density at radius 2 is 0.970 bits per heavy atom. The molecule has 0 fully saturated rings. The molecule has 0 heterocycles. The normalized spacial score (nSPS) is 13.2. The molecular weight excluding hydrogens is 410 g/mol. The number of rotatable bonds is 26. The Labute approximate surface area is 206 Å². The molecule has 33 heavy (non-hydrogen) atoms. The lowest BCUT2D eigenvalue weighted by molar-refractivity contribution is -0.123. The lowest BCUT2D eigenvalue weighted by Crippen LogP contribution is -2.45. The molecule has 198 valence electrons. The van der Waals surface area contributed by atoms with Crippen molar-refractivity contribution < 1.29 is 15.0 Å². The average molecular weight is 470 g/mol. The van der Waals surface area contributed by atoms with Crippen molar-refractivity contribution in [2.45, 2.75) is 174 Å². The summed E-state index contributed by atoms with van der Waals surface area (Å²) < 4.78 is 0. The van der Waals surface area contributed by atoms with Crippen LogP contribution < -0.4 is 5.32 Å². The Morgan fingerprint density at radius 1 is 0.606 bits per heavy atom. The first kappa shape index (κ1) is 32.4. The molecule has 0 saturated heterocycles. The van der Waals surface area contributed by atoms with Gasteiger partial charge >= 0.3 is 0 Å². The molecule has 0 aromatic carbocycles. The summed E-state index contributed by atoms with van der Waals surface area (Å²) >= 11 is 0. The monoisotopic (exact) mass is 469 g/mol. The molecule has 0 aliphatic carbocycles. The number of nitrogens with one attached hydrogen (secondary N) is 1. The van der Waals surface area contributed by atoms with E-state index in [9.17, 15) is 15.0 Å². The Morgan fingerprint density at radius 3 is 1.36 bits per heavy atom. The number of aliphatic hydroxyl groups is 2. The second-order valence-corrected chi connectivity index (χ2v) is 10.2. The SMILES string of the molecule is CCCCCCCCCCCCCCC(O)C(CO)NC(=O)CCCCCCCCCCC. The van der Waals surface area contributed by atoms with Crippen molar-refractivity contribution in [3.8, 4) is 0 Å². The minimum atomic E-state index is -0.648. The molecule has 0 aromatic rings.